The fourth-order valence-electron chi connectivity index (χ4n) is 1.65. The van der Waals surface area contributed by atoms with Crippen molar-refractivity contribution in [3.05, 3.63) is 0 Å². The van der Waals surface area contributed by atoms with Crippen LogP contribution in [-0.2, 0) is 9.84 Å². The van der Waals surface area contributed by atoms with Crippen molar-refractivity contribution in [2.24, 2.45) is 5.92 Å². The summed E-state index contributed by atoms with van der Waals surface area (Å²) >= 11 is 0. The first-order chi connectivity index (χ1) is 6.78. The standard InChI is InChI=1S/C11H23NO2S/c1-5-10(9-6-7-9)12-8-11(2,3)15(4,13)14/h9-10,12H,5-8H2,1-4H3. The van der Waals surface area contributed by atoms with Gasteiger partial charge in [-0.05, 0) is 39.0 Å². The molecule has 4 heteroatoms. The largest absolute Gasteiger partial charge is 0.312 e. The predicted molar refractivity (Wildman–Crippen MR) is 63.7 cm³/mol. The first-order valence-electron chi connectivity index (χ1n) is 5.71. The van der Waals surface area contributed by atoms with Crippen LogP contribution in [0.1, 0.15) is 40.0 Å². The zero-order chi connectivity index (χ0) is 11.7. The summed E-state index contributed by atoms with van der Waals surface area (Å²) in [6.45, 7) is 6.29. The summed E-state index contributed by atoms with van der Waals surface area (Å²) in [6.07, 6.45) is 4.99. The Balaban J connectivity index is 2.47. The molecule has 90 valence electrons. The molecule has 1 rings (SSSR count). The van der Waals surface area contributed by atoms with Crippen molar-refractivity contribution in [1.29, 1.82) is 0 Å². The summed E-state index contributed by atoms with van der Waals surface area (Å²) in [7, 11) is -2.97. The van der Waals surface area contributed by atoms with Gasteiger partial charge in [-0.2, -0.15) is 0 Å². The third-order valence-corrected chi connectivity index (χ3v) is 5.58. The Morgan fingerprint density at radius 2 is 1.93 bits per heavy atom. The minimum atomic E-state index is -2.97. The molecule has 0 amide bonds. The zero-order valence-electron chi connectivity index (χ0n) is 10.2. The SMILES string of the molecule is CCC(NCC(C)(C)S(C)(=O)=O)C1CC1. The lowest BCUT2D eigenvalue weighted by atomic mass is 10.1. The van der Waals surface area contributed by atoms with Gasteiger partial charge in [0.1, 0.15) is 0 Å². The highest BCUT2D eigenvalue weighted by molar-refractivity contribution is 7.92. The van der Waals surface area contributed by atoms with E-state index in [2.05, 4.69) is 12.2 Å². The second-order valence-electron chi connectivity index (χ2n) is 5.26. The molecule has 1 fully saturated rings. The van der Waals surface area contributed by atoms with Gasteiger partial charge in [-0.15, -0.1) is 0 Å². The lowest BCUT2D eigenvalue weighted by molar-refractivity contribution is 0.420. The maximum Gasteiger partial charge on any atom is 0.153 e. The van der Waals surface area contributed by atoms with E-state index in [9.17, 15) is 8.42 Å². The van der Waals surface area contributed by atoms with Crippen molar-refractivity contribution in [2.75, 3.05) is 12.8 Å². The van der Waals surface area contributed by atoms with Crippen LogP contribution in [0.3, 0.4) is 0 Å². The van der Waals surface area contributed by atoms with Crippen LogP contribution in [0.25, 0.3) is 0 Å². The molecule has 1 unspecified atom stereocenters. The summed E-state index contributed by atoms with van der Waals surface area (Å²) in [4.78, 5) is 0. The molecule has 1 N–H and O–H groups in total. The van der Waals surface area contributed by atoms with E-state index in [0.29, 0.717) is 12.6 Å². The van der Waals surface area contributed by atoms with Crippen molar-refractivity contribution in [1.82, 2.24) is 5.32 Å². The van der Waals surface area contributed by atoms with Crippen molar-refractivity contribution in [3.63, 3.8) is 0 Å². The van der Waals surface area contributed by atoms with Gasteiger partial charge in [0.2, 0.25) is 0 Å². The third kappa shape index (κ3) is 3.45. The monoisotopic (exact) mass is 233 g/mol. The van der Waals surface area contributed by atoms with E-state index in [1.807, 2.05) is 0 Å². The van der Waals surface area contributed by atoms with Gasteiger partial charge in [-0.1, -0.05) is 6.92 Å². The van der Waals surface area contributed by atoms with Gasteiger partial charge in [0.25, 0.3) is 0 Å². The van der Waals surface area contributed by atoms with Crippen molar-refractivity contribution in [3.8, 4) is 0 Å². The molecule has 1 atom stereocenters. The van der Waals surface area contributed by atoms with Crippen molar-refractivity contribution >= 4 is 9.84 Å². The van der Waals surface area contributed by atoms with Crippen LogP contribution in [0.2, 0.25) is 0 Å². The molecule has 0 aliphatic heterocycles. The van der Waals surface area contributed by atoms with Crippen LogP contribution >= 0.6 is 0 Å². The average molecular weight is 233 g/mol. The highest BCUT2D eigenvalue weighted by Crippen LogP contribution is 2.34. The van der Waals surface area contributed by atoms with Gasteiger partial charge < -0.3 is 5.32 Å². The Labute approximate surface area is 93.6 Å². The molecule has 1 aliphatic rings. The van der Waals surface area contributed by atoms with Crippen LogP contribution in [0.15, 0.2) is 0 Å². The summed E-state index contributed by atoms with van der Waals surface area (Å²) in [5.41, 5.74) is 0. The Bertz CT molecular complexity index is 305. The normalized spacial score (nSPS) is 20.3. The second kappa shape index (κ2) is 4.42. The first-order valence-corrected chi connectivity index (χ1v) is 7.60. The van der Waals surface area contributed by atoms with Crippen LogP contribution in [-0.4, -0.2) is 32.0 Å². The number of hydrogen-bond donors (Lipinski definition) is 1. The van der Waals surface area contributed by atoms with Crippen LogP contribution in [0.5, 0.6) is 0 Å². The highest BCUT2D eigenvalue weighted by atomic mass is 32.2. The highest BCUT2D eigenvalue weighted by Gasteiger charge is 2.34. The molecular weight excluding hydrogens is 210 g/mol. The third-order valence-electron chi connectivity index (χ3n) is 3.42. The summed E-state index contributed by atoms with van der Waals surface area (Å²) < 4.78 is 22.3. The lowest BCUT2D eigenvalue weighted by Gasteiger charge is -2.26. The van der Waals surface area contributed by atoms with Crippen LogP contribution < -0.4 is 5.32 Å². The van der Waals surface area contributed by atoms with Gasteiger partial charge in [-0.25, -0.2) is 8.42 Å². The van der Waals surface area contributed by atoms with Crippen molar-refractivity contribution in [2.45, 2.75) is 50.8 Å². The minimum Gasteiger partial charge on any atom is -0.312 e. The molecule has 0 aromatic heterocycles. The molecule has 1 aliphatic carbocycles. The predicted octanol–water partition coefficient (Wildman–Crippen LogP) is 1.59. The van der Waals surface area contributed by atoms with Gasteiger partial charge in [-0.3, -0.25) is 0 Å². The molecular formula is C11H23NO2S. The Hall–Kier alpha value is -0.0900. The van der Waals surface area contributed by atoms with Crippen LogP contribution in [0, 0.1) is 5.92 Å². The summed E-state index contributed by atoms with van der Waals surface area (Å²) in [5, 5.41) is 3.40. The minimum absolute atomic E-state index is 0.506. The Morgan fingerprint density at radius 1 is 1.40 bits per heavy atom. The van der Waals surface area contributed by atoms with E-state index in [1.54, 1.807) is 13.8 Å². The van der Waals surface area contributed by atoms with Crippen LogP contribution in [0.4, 0.5) is 0 Å². The maximum atomic E-state index is 11.5. The van der Waals surface area contributed by atoms with Crippen molar-refractivity contribution < 1.29 is 8.42 Å². The fourth-order valence-corrected chi connectivity index (χ4v) is 2.00. The van der Waals surface area contributed by atoms with E-state index >= 15 is 0 Å². The second-order valence-corrected chi connectivity index (χ2v) is 7.91. The quantitative estimate of drug-likeness (QED) is 0.758. The van der Waals surface area contributed by atoms with E-state index < -0.39 is 14.6 Å². The molecule has 0 saturated heterocycles. The maximum absolute atomic E-state index is 11.5. The Kier molecular flexibility index (Phi) is 3.82. The number of sulfone groups is 1. The van der Waals surface area contributed by atoms with Gasteiger partial charge in [0, 0.05) is 18.8 Å². The van der Waals surface area contributed by atoms with E-state index in [0.717, 1.165) is 12.3 Å². The van der Waals surface area contributed by atoms with E-state index in [1.165, 1.54) is 19.1 Å². The topological polar surface area (TPSA) is 46.2 Å². The zero-order valence-corrected chi connectivity index (χ0v) is 11.0. The number of hydrogen-bond acceptors (Lipinski definition) is 3. The fraction of sp³-hybridized carbons (Fsp3) is 1.00. The number of rotatable bonds is 6. The number of nitrogens with one attached hydrogen (secondary N) is 1. The average Bonchev–Trinajstić information content (AvgIpc) is 2.87. The Morgan fingerprint density at radius 3 is 2.27 bits per heavy atom. The molecule has 0 aromatic carbocycles. The molecule has 1 saturated carbocycles. The lowest BCUT2D eigenvalue weighted by Crippen LogP contribution is -2.45. The molecule has 0 bridgehead atoms. The van der Waals surface area contributed by atoms with Gasteiger partial charge in [0.05, 0.1) is 4.75 Å². The first kappa shape index (κ1) is 13.0. The smallest absolute Gasteiger partial charge is 0.153 e. The molecule has 0 spiro atoms. The molecule has 0 heterocycles. The molecule has 0 radical (unpaired) electrons. The van der Waals surface area contributed by atoms with Gasteiger partial charge >= 0.3 is 0 Å². The molecule has 3 nitrogen and oxygen atoms in total. The molecule has 0 aromatic rings. The molecule has 15 heavy (non-hydrogen) atoms. The summed E-state index contributed by atoms with van der Waals surface area (Å²) in [6, 6.07) is 0.506. The summed E-state index contributed by atoms with van der Waals surface area (Å²) in [5.74, 6) is 0.783. The van der Waals surface area contributed by atoms with Gasteiger partial charge in [0.15, 0.2) is 9.84 Å². The van der Waals surface area contributed by atoms with E-state index in [-0.39, 0.29) is 0 Å². The van der Waals surface area contributed by atoms with E-state index in [4.69, 9.17) is 0 Å².